The summed E-state index contributed by atoms with van der Waals surface area (Å²) in [5.74, 6) is -1.10. The average Bonchev–Trinajstić information content (AvgIpc) is 3.03. The van der Waals surface area contributed by atoms with Crippen LogP contribution in [-0.4, -0.2) is 38.3 Å². The largest absolute Gasteiger partial charge is 0.451 e. The van der Waals surface area contributed by atoms with E-state index in [1.54, 1.807) is 6.92 Å². The van der Waals surface area contributed by atoms with Crippen LogP contribution in [0.3, 0.4) is 0 Å². The van der Waals surface area contributed by atoms with Crippen molar-refractivity contribution in [1.82, 2.24) is 9.71 Å². The van der Waals surface area contributed by atoms with Crippen molar-refractivity contribution < 1.29 is 22.7 Å². The van der Waals surface area contributed by atoms with Gasteiger partial charge in [-0.1, -0.05) is 24.3 Å². The SMILES string of the molecule is CNS(=O)(=O)c1cccc(C(=O)O[C@H](C)C(=O)c2c(C)[nH]c3ccccc23)c1. The summed E-state index contributed by atoms with van der Waals surface area (Å²) in [5, 5.41) is 0.759. The summed E-state index contributed by atoms with van der Waals surface area (Å²) in [5.41, 5.74) is 2.04. The van der Waals surface area contributed by atoms with Crippen molar-refractivity contribution in [2.45, 2.75) is 24.8 Å². The van der Waals surface area contributed by atoms with Gasteiger partial charge in [0.2, 0.25) is 15.8 Å². The Morgan fingerprint density at radius 3 is 2.54 bits per heavy atom. The minimum atomic E-state index is -3.69. The lowest BCUT2D eigenvalue weighted by Crippen LogP contribution is -2.25. The number of ether oxygens (including phenoxy) is 1. The number of esters is 1. The summed E-state index contributed by atoms with van der Waals surface area (Å²) in [6.07, 6.45) is -1.03. The fourth-order valence-corrected chi connectivity index (χ4v) is 3.76. The lowest BCUT2D eigenvalue weighted by Gasteiger charge is -2.13. The number of Topliss-reactive ketones (excluding diaryl/α,β-unsaturated/α-hetero) is 1. The second-order valence-electron chi connectivity index (χ2n) is 6.32. The number of aryl methyl sites for hydroxylation is 1. The molecule has 0 amide bonds. The Morgan fingerprint density at radius 2 is 1.82 bits per heavy atom. The summed E-state index contributed by atoms with van der Waals surface area (Å²) in [6, 6.07) is 12.8. The van der Waals surface area contributed by atoms with Gasteiger partial charge >= 0.3 is 5.97 Å². The van der Waals surface area contributed by atoms with Gasteiger partial charge in [0, 0.05) is 22.2 Å². The second-order valence-corrected chi connectivity index (χ2v) is 8.20. The van der Waals surface area contributed by atoms with Gasteiger partial charge in [-0.05, 0) is 45.2 Å². The van der Waals surface area contributed by atoms with Crippen molar-refractivity contribution in [3.05, 3.63) is 65.4 Å². The molecule has 0 unspecified atom stereocenters. The van der Waals surface area contributed by atoms with E-state index in [-0.39, 0.29) is 16.2 Å². The Labute approximate surface area is 162 Å². The van der Waals surface area contributed by atoms with Gasteiger partial charge in [-0.25, -0.2) is 17.9 Å². The monoisotopic (exact) mass is 400 g/mol. The normalized spacial score (nSPS) is 12.7. The maximum atomic E-state index is 12.9. The van der Waals surface area contributed by atoms with E-state index in [1.165, 1.54) is 38.2 Å². The predicted molar refractivity (Wildman–Crippen MR) is 105 cm³/mol. The lowest BCUT2D eigenvalue weighted by atomic mass is 10.0. The molecule has 0 saturated carbocycles. The number of fused-ring (bicyclic) bond motifs is 1. The summed E-state index contributed by atoms with van der Waals surface area (Å²) < 4.78 is 31.3. The van der Waals surface area contributed by atoms with E-state index in [0.29, 0.717) is 11.3 Å². The fraction of sp³-hybridized carbons (Fsp3) is 0.200. The van der Waals surface area contributed by atoms with Gasteiger partial charge in [-0.15, -0.1) is 0 Å². The molecule has 0 aliphatic carbocycles. The molecule has 3 rings (SSSR count). The van der Waals surface area contributed by atoms with E-state index in [9.17, 15) is 18.0 Å². The molecule has 2 aromatic carbocycles. The number of nitrogens with one attached hydrogen (secondary N) is 2. The van der Waals surface area contributed by atoms with Gasteiger partial charge < -0.3 is 9.72 Å². The summed E-state index contributed by atoms with van der Waals surface area (Å²) in [6.45, 7) is 3.28. The van der Waals surface area contributed by atoms with Gasteiger partial charge in [-0.2, -0.15) is 0 Å². The van der Waals surface area contributed by atoms with Crippen LogP contribution >= 0.6 is 0 Å². The number of carbonyl (C=O) groups is 2. The number of hydrogen-bond acceptors (Lipinski definition) is 5. The molecule has 0 fully saturated rings. The highest BCUT2D eigenvalue weighted by atomic mass is 32.2. The van der Waals surface area contributed by atoms with E-state index < -0.39 is 22.1 Å². The van der Waals surface area contributed by atoms with Crippen molar-refractivity contribution in [1.29, 1.82) is 0 Å². The summed E-state index contributed by atoms with van der Waals surface area (Å²) in [4.78, 5) is 28.4. The Hall–Kier alpha value is -2.97. The molecule has 8 heteroatoms. The van der Waals surface area contributed by atoms with Gasteiger partial charge in [0.05, 0.1) is 10.5 Å². The molecule has 1 aromatic heterocycles. The smallest absolute Gasteiger partial charge is 0.338 e. The van der Waals surface area contributed by atoms with Gasteiger partial charge in [-0.3, -0.25) is 4.79 Å². The molecule has 0 saturated heterocycles. The molecular weight excluding hydrogens is 380 g/mol. The third-order valence-corrected chi connectivity index (χ3v) is 5.85. The first-order valence-electron chi connectivity index (χ1n) is 8.60. The average molecular weight is 400 g/mol. The van der Waals surface area contributed by atoms with Crippen LogP contribution in [0.25, 0.3) is 10.9 Å². The van der Waals surface area contributed by atoms with Crippen molar-refractivity contribution in [3.8, 4) is 0 Å². The van der Waals surface area contributed by atoms with Crippen LogP contribution in [0.1, 0.15) is 33.3 Å². The number of sulfonamides is 1. The number of rotatable bonds is 6. The highest BCUT2D eigenvalue weighted by molar-refractivity contribution is 7.89. The first kappa shape index (κ1) is 19.8. The highest BCUT2D eigenvalue weighted by Gasteiger charge is 2.25. The highest BCUT2D eigenvalue weighted by Crippen LogP contribution is 2.24. The van der Waals surface area contributed by atoms with E-state index in [2.05, 4.69) is 9.71 Å². The number of aromatic amines is 1. The zero-order chi connectivity index (χ0) is 20.5. The number of hydrogen-bond donors (Lipinski definition) is 2. The zero-order valence-corrected chi connectivity index (χ0v) is 16.5. The molecule has 1 atom stereocenters. The van der Waals surface area contributed by atoms with Crippen LogP contribution in [0, 0.1) is 6.92 Å². The number of aromatic nitrogens is 1. The number of ketones is 1. The molecule has 2 N–H and O–H groups in total. The minimum Gasteiger partial charge on any atom is -0.451 e. The molecule has 146 valence electrons. The first-order valence-corrected chi connectivity index (χ1v) is 10.1. The van der Waals surface area contributed by atoms with Crippen molar-refractivity contribution >= 4 is 32.7 Å². The molecule has 28 heavy (non-hydrogen) atoms. The van der Waals surface area contributed by atoms with Gasteiger partial charge in [0.25, 0.3) is 0 Å². The predicted octanol–water partition coefficient (Wildman–Crippen LogP) is 2.81. The Bertz CT molecular complexity index is 1160. The molecule has 7 nitrogen and oxygen atoms in total. The number of carbonyl (C=O) groups excluding carboxylic acids is 2. The van der Waals surface area contributed by atoms with Gasteiger partial charge in [0.1, 0.15) is 0 Å². The Balaban J connectivity index is 1.84. The Morgan fingerprint density at radius 1 is 1.11 bits per heavy atom. The molecular formula is C20H20N2O5S. The summed E-state index contributed by atoms with van der Waals surface area (Å²) >= 11 is 0. The van der Waals surface area contributed by atoms with Gasteiger partial charge in [0.15, 0.2) is 6.10 Å². The van der Waals surface area contributed by atoms with Crippen LogP contribution in [0.5, 0.6) is 0 Å². The van der Waals surface area contributed by atoms with E-state index in [4.69, 9.17) is 4.74 Å². The standard InChI is InChI=1S/C20H20N2O5S/c1-12-18(16-9-4-5-10-17(16)22-12)19(23)13(2)27-20(24)14-7-6-8-15(11-14)28(25,26)21-3/h4-11,13,21-22H,1-3H3/t13-/m1/s1. The molecule has 0 aliphatic heterocycles. The van der Waals surface area contributed by atoms with Crippen LogP contribution < -0.4 is 4.72 Å². The number of benzene rings is 2. The molecule has 0 aliphatic rings. The molecule has 0 bridgehead atoms. The van der Waals surface area contributed by atoms with Crippen LogP contribution in [0.15, 0.2) is 53.4 Å². The van der Waals surface area contributed by atoms with E-state index in [1.807, 2.05) is 24.3 Å². The minimum absolute atomic E-state index is 0.0478. The van der Waals surface area contributed by atoms with Crippen LogP contribution in [-0.2, 0) is 14.8 Å². The quantitative estimate of drug-likeness (QED) is 0.489. The van der Waals surface area contributed by atoms with Crippen molar-refractivity contribution in [2.75, 3.05) is 7.05 Å². The summed E-state index contributed by atoms with van der Waals surface area (Å²) in [7, 11) is -2.41. The molecule has 0 spiro atoms. The topological polar surface area (TPSA) is 105 Å². The third-order valence-electron chi connectivity index (χ3n) is 4.44. The van der Waals surface area contributed by atoms with E-state index >= 15 is 0 Å². The first-order chi connectivity index (χ1) is 13.2. The number of H-pyrrole nitrogens is 1. The zero-order valence-electron chi connectivity index (χ0n) is 15.6. The lowest BCUT2D eigenvalue weighted by molar-refractivity contribution is 0.0319. The third kappa shape index (κ3) is 3.69. The molecule has 1 heterocycles. The van der Waals surface area contributed by atoms with E-state index in [0.717, 1.165) is 10.9 Å². The van der Waals surface area contributed by atoms with Crippen molar-refractivity contribution in [3.63, 3.8) is 0 Å². The second kappa shape index (κ2) is 7.57. The molecule has 0 radical (unpaired) electrons. The Kier molecular flexibility index (Phi) is 5.35. The van der Waals surface area contributed by atoms with Crippen molar-refractivity contribution in [2.24, 2.45) is 0 Å². The van der Waals surface area contributed by atoms with Crippen LogP contribution in [0.4, 0.5) is 0 Å². The maximum Gasteiger partial charge on any atom is 0.338 e. The molecule has 3 aromatic rings. The fourth-order valence-electron chi connectivity index (χ4n) is 2.99. The number of para-hydroxylation sites is 1. The van der Waals surface area contributed by atoms with Crippen LogP contribution in [0.2, 0.25) is 0 Å². The maximum absolute atomic E-state index is 12.9.